The Labute approximate surface area is 106 Å². The van der Waals surface area contributed by atoms with Crippen LogP contribution in [0, 0.1) is 0 Å². The Morgan fingerprint density at radius 1 is 1.17 bits per heavy atom. The molecule has 0 aliphatic heterocycles. The summed E-state index contributed by atoms with van der Waals surface area (Å²) in [5.74, 6) is -2.07. The molecule has 0 atom stereocenters. The number of carboxylic acids is 1. The molecule has 0 saturated carbocycles. The van der Waals surface area contributed by atoms with E-state index in [0.717, 1.165) is 5.56 Å². The van der Waals surface area contributed by atoms with Crippen molar-refractivity contribution in [1.29, 1.82) is 0 Å². The number of rotatable bonds is 7. The summed E-state index contributed by atoms with van der Waals surface area (Å²) >= 11 is 0. The Morgan fingerprint density at radius 3 is 2.22 bits per heavy atom. The highest BCUT2D eigenvalue weighted by atomic mass is 16.9. The second kappa shape index (κ2) is 6.49. The van der Waals surface area contributed by atoms with Crippen LogP contribution in [0.25, 0.3) is 0 Å². The number of carbonyl (C=O) groups is 1. The number of carboxylic acid groups (broad SMARTS) is 1. The van der Waals surface area contributed by atoms with Crippen LogP contribution in [0.3, 0.4) is 0 Å². The molecule has 5 nitrogen and oxygen atoms in total. The van der Waals surface area contributed by atoms with E-state index >= 15 is 0 Å². The first-order chi connectivity index (χ1) is 8.58. The predicted molar refractivity (Wildman–Crippen MR) is 65.5 cm³/mol. The molecule has 1 N–H and O–H groups in total. The van der Waals surface area contributed by atoms with Crippen molar-refractivity contribution in [3.05, 3.63) is 35.4 Å². The Morgan fingerprint density at radius 2 is 1.72 bits per heavy atom. The summed E-state index contributed by atoms with van der Waals surface area (Å²) in [7, 11) is 4.45. The summed E-state index contributed by atoms with van der Waals surface area (Å²) < 4.78 is 15.5. The fourth-order valence-corrected chi connectivity index (χ4v) is 1.79. The van der Waals surface area contributed by atoms with Gasteiger partial charge in [0.2, 0.25) is 0 Å². The minimum absolute atomic E-state index is 0.287. The lowest BCUT2D eigenvalue weighted by Gasteiger charge is -2.28. The first kappa shape index (κ1) is 14.6. The third kappa shape index (κ3) is 3.29. The number of ether oxygens (including phenoxy) is 3. The normalized spacial score (nSPS) is 11.5. The first-order valence-electron chi connectivity index (χ1n) is 5.55. The smallest absolute Gasteiger partial charge is 0.335 e. The van der Waals surface area contributed by atoms with E-state index in [1.54, 1.807) is 24.3 Å². The zero-order chi connectivity index (χ0) is 13.6. The molecule has 0 aromatic heterocycles. The second-order valence-electron chi connectivity index (χ2n) is 3.76. The molecule has 0 fully saturated rings. The average molecular weight is 254 g/mol. The van der Waals surface area contributed by atoms with E-state index in [9.17, 15) is 4.79 Å². The van der Waals surface area contributed by atoms with Crippen LogP contribution < -0.4 is 0 Å². The van der Waals surface area contributed by atoms with Gasteiger partial charge in [-0.1, -0.05) is 18.2 Å². The topological polar surface area (TPSA) is 65.0 Å². The summed E-state index contributed by atoms with van der Waals surface area (Å²) in [5.41, 5.74) is 1.01. The molecule has 0 amide bonds. The first-order valence-corrected chi connectivity index (χ1v) is 5.55. The number of aryl methyl sites for hydroxylation is 1. The average Bonchev–Trinajstić information content (AvgIpc) is 2.41. The van der Waals surface area contributed by atoms with E-state index in [-0.39, 0.29) is 5.56 Å². The second-order valence-corrected chi connectivity index (χ2v) is 3.76. The van der Waals surface area contributed by atoms with Crippen LogP contribution in [-0.2, 0) is 20.6 Å². The molecule has 0 bridgehead atoms. The molecule has 0 spiro atoms. The van der Waals surface area contributed by atoms with Gasteiger partial charge in [0.25, 0.3) is 5.97 Å². The predicted octanol–water partition coefficient (Wildman–Crippen LogP) is 1.91. The van der Waals surface area contributed by atoms with Crippen molar-refractivity contribution < 1.29 is 24.1 Å². The highest BCUT2D eigenvalue weighted by Crippen LogP contribution is 2.21. The molecule has 100 valence electrons. The van der Waals surface area contributed by atoms with E-state index < -0.39 is 11.9 Å². The van der Waals surface area contributed by atoms with Gasteiger partial charge in [-0.3, -0.25) is 0 Å². The molecule has 1 rings (SSSR count). The van der Waals surface area contributed by atoms with Crippen molar-refractivity contribution in [2.75, 3.05) is 21.3 Å². The molecular weight excluding hydrogens is 236 g/mol. The SMILES string of the molecule is COC(CCc1ccccc1C(=O)O)(OC)OC. The lowest BCUT2D eigenvalue weighted by Crippen LogP contribution is -2.36. The van der Waals surface area contributed by atoms with Gasteiger partial charge in [0.05, 0.1) is 5.56 Å². The highest BCUT2D eigenvalue weighted by molar-refractivity contribution is 5.89. The van der Waals surface area contributed by atoms with Gasteiger partial charge in [-0.2, -0.15) is 0 Å². The lowest BCUT2D eigenvalue weighted by atomic mass is 10.0. The van der Waals surface area contributed by atoms with E-state index in [4.69, 9.17) is 19.3 Å². The number of methoxy groups -OCH3 is 3. The summed E-state index contributed by atoms with van der Waals surface area (Å²) in [6.45, 7) is 0. The van der Waals surface area contributed by atoms with Crippen molar-refractivity contribution >= 4 is 5.97 Å². The Balaban J connectivity index is 2.83. The van der Waals surface area contributed by atoms with Crippen molar-refractivity contribution in [2.45, 2.75) is 18.8 Å². The Bertz CT molecular complexity index is 390. The van der Waals surface area contributed by atoms with Crippen LogP contribution in [-0.4, -0.2) is 38.4 Å². The van der Waals surface area contributed by atoms with Gasteiger partial charge in [0.15, 0.2) is 0 Å². The molecule has 0 heterocycles. The van der Waals surface area contributed by atoms with Crippen molar-refractivity contribution in [2.24, 2.45) is 0 Å². The van der Waals surface area contributed by atoms with Crippen LogP contribution in [0.4, 0.5) is 0 Å². The van der Waals surface area contributed by atoms with Crippen molar-refractivity contribution in [1.82, 2.24) is 0 Å². The van der Waals surface area contributed by atoms with Crippen LogP contribution in [0.15, 0.2) is 24.3 Å². The van der Waals surface area contributed by atoms with Crippen molar-refractivity contribution in [3.8, 4) is 0 Å². The quantitative estimate of drug-likeness (QED) is 0.753. The molecular formula is C13H18O5. The maximum atomic E-state index is 11.1. The minimum atomic E-state index is -1.13. The van der Waals surface area contributed by atoms with Gasteiger partial charge < -0.3 is 19.3 Å². The monoisotopic (exact) mass is 254 g/mol. The lowest BCUT2D eigenvalue weighted by molar-refractivity contribution is -0.354. The van der Waals surface area contributed by atoms with E-state index in [1.807, 2.05) is 0 Å². The molecule has 0 aliphatic carbocycles. The van der Waals surface area contributed by atoms with E-state index in [1.165, 1.54) is 21.3 Å². The van der Waals surface area contributed by atoms with Gasteiger partial charge in [-0.15, -0.1) is 0 Å². The third-order valence-corrected chi connectivity index (χ3v) is 2.88. The molecule has 1 aromatic carbocycles. The minimum Gasteiger partial charge on any atom is -0.478 e. The highest BCUT2D eigenvalue weighted by Gasteiger charge is 2.29. The van der Waals surface area contributed by atoms with Gasteiger partial charge in [-0.05, 0) is 18.1 Å². The van der Waals surface area contributed by atoms with E-state index in [2.05, 4.69) is 0 Å². The Kier molecular flexibility index (Phi) is 5.27. The molecule has 0 unspecified atom stereocenters. The summed E-state index contributed by atoms with van der Waals surface area (Å²) in [6.07, 6.45) is 0.888. The number of benzene rings is 1. The fourth-order valence-electron chi connectivity index (χ4n) is 1.79. The third-order valence-electron chi connectivity index (χ3n) is 2.88. The van der Waals surface area contributed by atoms with Crippen molar-refractivity contribution in [3.63, 3.8) is 0 Å². The van der Waals surface area contributed by atoms with Gasteiger partial charge in [-0.25, -0.2) is 4.79 Å². The fraction of sp³-hybridized carbons (Fsp3) is 0.462. The van der Waals surface area contributed by atoms with Crippen LogP contribution in [0.2, 0.25) is 0 Å². The van der Waals surface area contributed by atoms with Gasteiger partial charge in [0, 0.05) is 27.8 Å². The summed E-state index contributed by atoms with van der Waals surface area (Å²) in [4.78, 5) is 11.1. The largest absolute Gasteiger partial charge is 0.478 e. The summed E-state index contributed by atoms with van der Waals surface area (Å²) in [5, 5.41) is 9.07. The maximum Gasteiger partial charge on any atom is 0.335 e. The van der Waals surface area contributed by atoms with Crippen LogP contribution in [0.1, 0.15) is 22.3 Å². The number of hydrogen-bond donors (Lipinski definition) is 1. The van der Waals surface area contributed by atoms with Crippen LogP contribution in [0.5, 0.6) is 0 Å². The number of hydrogen-bond acceptors (Lipinski definition) is 4. The molecule has 5 heteroatoms. The van der Waals surface area contributed by atoms with Gasteiger partial charge in [0.1, 0.15) is 0 Å². The van der Waals surface area contributed by atoms with Crippen LogP contribution >= 0.6 is 0 Å². The zero-order valence-electron chi connectivity index (χ0n) is 10.8. The van der Waals surface area contributed by atoms with Gasteiger partial charge >= 0.3 is 5.97 Å². The Hall–Kier alpha value is -1.43. The molecule has 18 heavy (non-hydrogen) atoms. The molecule has 0 radical (unpaired) electrons. The van der Waals surface area contributed by atoms with E-state index in [0.29, 0.717) is 12.8 Å². The standard InChI is InChI=1S/C13H18O5/c1-16-13(17-2,18-3)9-8-10-6-4-5-7-11(10)12(14)15/h4-7H,8-9H2,1-3H3,(H,14,15). The zero-order valence-corrected chi connectivity index (χ0v) is 10.8. The molecule has 0 saturated heterocycles. The molecule has 1 aromatic rings. The number of aromatic carboxylic acids is 1. The summed E-state index contributed by atoms with van der Waals surface area (Å²) in [6, 6.07) is 6.85. The molecule has 0 aliphatic rings. The maximum absolute atomic E-state index is 11.1.